The average Bonchev–Trinajstić information content (AvgIpc) is 3.11. The van der Waals surface area contributed by atoms with Gasteiger partial charge in [0.05, 0.1) is 11.1 Å². The van der Waals surface area contributed by atoms with Gasteiger partial charge in [0.15, 0.2) is 6.10 Å². The summed E-state index contributed by atoms with van der Waals surface area (Å²) < 4.78 is 5.98. The van der Waals surface area contributed by atoms with Gasteiger partial charge in [-0.1, -0.05) is 30.3 Å². The Morgan fingerprint density at radius 2 is 1.73 bits per heavy atom. The molecule has 0 radical (unpaired) electrons. The molecule has 0 N–H and O–H groups in total. The van der Waals surface area contributed by atoms with Gasteiger partial charge in [0.2, 0.25) is 0 Å². The van der Waals surface area contributed by atoms with Gasteiger partial charge < -0.3 is 4.74 Å². The van der Waals surface area contributed by atoms with E-state index in [0.29, 0.717) is 0 Å². The molecule has 4 fully saturated rings. The van der Waals surface area contributed by atoms with Crippen LogP contribution in [0.15, 0.2) is 35.7 Å². The second-order valence-electron chi connectivity index (χ2n) is 8.68. The minimum absolute atomic E-state index is 0.0422. The number of carbonyl (C=O) groups excluding carboxylic acids is 1. The molecule has 1 aromatic carbocycles. The smallest absolute Gasteiger partial charge is 0.312 e. The maximum atomic E-state index is 13.1. The van der Waals surface area contributed by atoms with E-state index >= 15 is 0 Å². The summed E-state index contributed by atoms with van der Waals surface area (Å²) in [5, 5.41) is 2.95. The third kappa shape index (κ3) is 2.79. The van der Waals surface area contributed by atoms with Crippen molar-refractivity contribution in [1.82, 2.24) is 4.98 Å². The lowest BCUT2D eigenvalue weighted by molar-refractivity contribution is -0.176. The molecule has 3 nitrogen and oxygen atoms in total. The van der Waals surface area contributed by atoms with E-state index in [4.69, 9.17) is 9.72 Å². The van der Waals surface area contributed by atoms with E-state index in [9.17, 15) is 4.79 Å². The lowest BCUT2D eigenvalue weighted by Gasteiger charge is -2.55. The third-order valence-corrected chi connectivity index (χ3v) is 7.70. The number of rotatable bonds is 4. The standard InChI is InChI=1S/C22H25NO2S/c1-14(20-23-19(13-26-20)18-5-3-2-4-6-18)25-21(24)22-10-15-7-16(11-22)9-17(8-15)12-22/h2-6,13-17H,7-12H2,1H3. The molecule has 0 saturated heterocycles. The number of carbonyl (C=O) groups is 1. The third-order valence-electron chi connectivity index (χ3n) is 6.69. The van der Waals surface area contributed by atoms with Crippen LogP contribution in [0.3, 0.4) is 0 Å². The van der Waals surface area contributed by atoms with Gasteiger partial charge in [0.25, 0.3) is 0 Å². The van der Waals surface area contributed by atoms with Crippen molar-refractivity contribution in [2.75, 3.05) is 0 Å². The average molecular weight is 368 g/mol. The molecule has 4 aliphatic rings. The number of hydrogen-bond acceptors (Lipinski definition) is 4. The molecule has 6 rings (SSSR count). The molecule has 1 atom stereocenters. The summed E-state index contributed by atoms with van der Waals surface area (Å²) in [7, 11) is 0. The highest BCUT2D eigenvalue weighted by molar-refractivity contribution is 7.10. The van der Waals surface area contributed by atoms with Crippen molar-refractivity contribution in [1.29, 1.82) is 0 Å². The van der Waals surface area contributed by atoms with E-state index in [2.05, 4.69) is 17.5 Å². The van der Waals surface area contributed by atoms with Gasteiger partial charge >= 0.3 is 5.97 Å². The summed E-state index contributed by atoms with van der Waals surface area (Å²) in [5.74, 6) is 2.32. The first-order valence-electron chi connectivity index (χ1n) is 9.83. The van der Waals surface area contributed by atoms with Crippen molar-refractivity contribution in [2.24, 2.45) is 23.2 Å². The van der Waals surface area contributed by atoms with Gasteiger partial charge in [-0.15, -0.1) is 11.3 Å². The van der Waals surface area contributed by atoms with E-state index in [1.54, 1.807) is 11.3 Å². The molecule has 0 spiro atoms. The van der Waals surface area contributed by atoms with Crippen LogP contribution in [0, 0.1) is 23.2 Å². The van der Waals surface area contributed by atoms with Crippen molar-refractivity contribution >= 4 is 17.3 Å². The van der Waals surface area contributed by atoms with E-state index in [-0.39, 0.29) is 17.5 Å². The van der Waals surface area contributed by atoms with E-state index in [0.717, 1.165) is 53.3 Å². The zero-order valence-corrected chi connectivity index (χ0v) is 16.0. The van der Waals surface area contributed by atoms with Crippen LogP contribution < -0.4 is 0 Å². The van der Waals surface area contributed by atoms with E-state index < -0.39 is 0 Å². The number of esters is 1. The van der Waals surface area contributed by atoms with Gasteiger partial charge in [-0.3, -0.25) is 4.79 Å². The first kappa shape index (κ1) is 16.5. The topological polar surface area (TPSA) is 39.2 Å². The van der Waals surface area contributed by atoms with Crippen molar-refractivity contribution in [3.05, 3.63) is 40.7 Å². The minimum atomic E-state index is -0.266. The Kier molecular flexibility index (Phi) is 3.93. The number of thiazole rings is 1. The van der Waals surface area contributed by atoms with E-state index in [1.165, 1.54) is 19.3 Å². The summed E-state index contributed by atoms with van der Waals surface area (Å²) in [5.41, 5.74) is 1.88. The Bertz CT molecular complexity index is 777. The van der Waals surface area contributed by atoms with Gasteiger partial charge in [-0.25, -0.2) is 4.98 Å². The quantitative estimate of drug-likeness (QED) is 0.657. The Morgan fingerprint density at radius 3 is 2.35 bits per heavy atom. The van der Waals surface area contributed by atoms with Crippen LogP contribution in [-0.4, -0.2) is 11.0 Å². The van der Waals surface area contributed by atoms with Crippen LogP contribution in [0.2, 0.25) is 0 Å². The molecular formula is C22H25NO2S. The molecule has 0 aliphatic heterocycles. The Labute approximate surface area is 158 Å². The largest absolute Gasteiger partial charge is 0.455 e. The molecule has 0 amide bonds. The summed E-state index contributed by atoms with van der Waals surface area (Å²) >= 11 is 1.58. The van der Waals surface area contributed by atoms with Crippen molar-refractivity contribution < 1.29 is 9.53 Å². The van der Waals surface area contributed by atoms with Crippen molar-refractivity contribution in [3.63, 3.8) is 0 Å². The van der Waals surface area contributed by atoms with Crippen LogP contribution in [0.1, 0.15) is 56.6 Å². The zero-order chi connectivity index (χ0) is 17.7. The molecule has 4 aliphatic carbocycles. The van der Waals surface area contributed by atoms with Crippen LogP contribution in [-0.2, 0) is 9.53 Å². The number of hydrogen-bond donors (Lipinski definition) is 0. The molecule has 136 valence electrons. The summed E-state index contributed by atoms with van der Waals surface area (Å²) in [4.78, 5) is 17.8. The van der Waals surface area contributed by atoms with Gasteiger partial charge in [0.1, 0.15) is 5.01 Å². The van der Waals surface area contributed by atoms with Gasteiger partial charge in [-0.05, 0) is 63.2 Å². The lowest BCUT2D eigenvalue weighted by atomic mass is 9.49. The highest BCUT2D eigenvalue weighted by Gasteiger charge is 2.55. The zero-order valence-electron chi connectivity index (χ0n) is 15.2. The van der Waals surface area contributed by atoms with Crippen LogP contribution in [0.25, 0.3) is 11.3 Å². The normalized spacial score (nSPS) is 33.2. The molecule has 1 unspecified atom stereocenters. The van der Waals surface area contributed by atoms with Crippen LogP contribution in [0.5, 0.6) is 0 Å². The Hall–Kier alpha value is -1.68. The fourth-order valence-corrected chi connectivity index (χ4v) is 6.72. The summed E-state index contributed by atoms with van der Waals surface area (Å²) in [6.45, 7) is 1.96. The number of aromatic nitrogens is 1. The lowest BCUT2D eigenvalue weighted by Crippen LogP contribution is -2.50. The first-order valence-corrected chi connectivity index (χ1v) is 10.7. The highest BCUT2D eigenvalue weighted by atomic mass is 32.1. The molecule has 1 heterocycles. The Balaban J connectivity index is 1.31. The van der Waals surface area contributed by atoms with Gasteiger partial charge in [0, 0.05) is 10.9 Å². The summed E-state index contributed by atoms with van der Waals surface area (Å²) in [6, 6.07) is 10.2. The molecule has 4 heteroatoms. The Morgan fingerprint density at radius 1 is 1.12 bits per heavy atom. The predicted molar refractivity (Wildman–Crippen MR) is 103 cm³/mol. The molecule has 1 aromatic heterocycles. The monoisotopic (exact) mass is 367 g/mol. The number of benzene rings is 1. The number of ether oxygens (including phenoxy) is 1. The predicted octanol–water partition coefficient (Wildman–Crippen LogP) is 5.63. The maximum absolute atomic E-state index is 13.1. The van der Waals surface area contributed by atoms with Crippen LogP contribution in [0.4, 0.5) is 0 Å². The summed E-state index contributed by atoms with van der Waals surface area (Å²) in [6.07, 6.45) is 6.92. The SMILES string of the molecule is CC(OC(=O)C12CC3CC(CC(C3)C1)C2)c1nc(-c2ccccc2)cs1. The minimum Gasteiger partial charge on any atom is -0.455 e. The first-order chi connectivity index (χ1) is 12.6. The second-order valence-corrected chi connectivity index (χ2v) is 9.57. The highest BCUT2D eigenvalue weighted by Crippen LogP contribution is 2.60. The molecule has 26 heavy (non-hydrogen) atoms. The maximum Gasteiger partial charge on any atom is 0.312 e. The van der Waals surface area contributed by atoms with Gasteiger partial charge in [-0.2, -0.15) is 0 Å². The fraction of sp³-hybridized carbons (Fsp3) is 0.545. The molecular weight excluding hydrogens is 342 g/mol. The van der Waals surface area contributed by atoms with Crippen LogP contribution >= 0.6 is 11.3 Å². The molecule has 2 aromatic rings. The van der Waals surface area contributed by atoms with Crippen molar-refractivity contribution in [2.45, 2.75) is 51.6 Å². The van der Waals surface area contributed by atoms with E-state index in [1.807, 2.05) is 25.1 Å². The molecule has 4 saturated carbocycles. The fourth-order valence-electron chi connectivity index (χ4n) is 5.91. The second kappa shape index (κ2) is 6.19. The number of nitrogens with zero attached hydrogens (tertiary/aromatic N) is 1. The van der Waals surface area contributed by atoms with Crippen molar-refractivity contribution in [3.8, 4) is 11.3 Å². The molecule has 4 bridgehead atoms.